The Hall–Kier alpha value is -2.05. The molecule has 0 bridgehead atoms. The van der Waals surface area contributed by atoms with Crippen molar-refractivity contribution in [3.8, 4) is 5.75 Å². The Morgan fingerprint density at radius 2 is 1.89 bits per heavy atom. The van der Waals surface area contributed by atoms with Crippen molar-refractivity contribution in [1.29, 1.82) is 0 Å². The number of hydrogen-bond donors (Lipinski definition) is 2. The standard InChI is InChI=1S/C12H11BO5/c1-8-2-4-9(5-3-8)18-12(14)10-6-7-17-11(10)13(15)16/h2-7,15-16H,1H3. The van der Waals surface area contributed by atoms with E-state index in [1.807, 2.05) is 6.92 Å². The van der Waals surface area contributed by atoms with Crippen molar-refractivity contribution in [3.05, 3.63) is 47.7 Å². The first-order valence-electron chi connectivity index (χ1n) is 5.30. The molecule has 92 valence electrons. The molecule has 0 aliphatic carbocycles. The third kappa shape index (κ3) is 2.61. The minimum atomic E-state index is -1.85. The Labute approximate surface area is 104 Å². The average molecular weight is 246 g/mol. The second-order valence-electron chi connectivity index (χ2n) is 3.77. The Morgan fingerprint density at radius 3 is 2.50 bits per heavy atom. The van der Waals surface area contributed by atoms with Gasteiger partial charge in [0.2, 0.25) is 0 Å². The van der Waals surface area contributed by atoms with Crippen LogP contribution in [-0.2, 0) is 0 Å². The van der Waals surface area contributed by atoms with Crippen LogP contribution in [0, 0.1) is 6.92 Å². The summed E-state index contributed by atoms with van der Waals surface area (Å²) in [5.41, 5.74) is 0.808. The first-order chi connectivity index (χ1) is 8.58. The summed E-state index contributed by atoms with van der Waals surface area (Å²) in [5, 5.41) is 18.0. The molecule has 5 nitrogen and oxygen atoms in total. The fraction of sp³-hybridized carbons (Fsp3) is 0.0833. The van der Waals surface area contributed by atoms with Crippen molar-refractivity contribution >= 4 is 18.7 Å². The minimum absolute atomic E-state index is 0.00873. The van der Waals surface area contributed by atoms with E-state index in [1.165, 1.54) is 12.3 Å². The maximum atomic E-state index is 11.8. The van der Waals surface area contributed by atoms with Gasteiger partial charge in [-0.3, -0.25) is 0 Å². The Balaban J connectivity index is 2.17. The summed E-state index contributed by atoms with van der Waals surface area (Å²) in [4.78, 5) is 11.8. The molecule has 2 rings (SSSR count). The highest BCUT2D eigenvalue weighted by Gasteiger charge is 2.25. The van der Waals surface area contributed by atoms with E-state index in [9.17, 15) is 4.79 Å². The van der Waals surface area contributed by atoms with Crippen molar-refractivity contribution in [3.63, 3.8) is 0 Å². The van der Waals surface area contributed by atoms with Crippen LogP contribution in [0.4, 0.5) is 0 Å². The molecular weight excluding hydrogens is 235 g/mol. The molecule has 2 aromatic rings. The third-order valence-corrected chi connectivity index (χ3v) is 2.38. The van der Waals surface area contributed by atoms with Gasteiger partial charge in [0.1, 0.15) is 11.4 Å². The summed E-state index contributed by atoms with van der Waals surface area (Å²) in [6.45, 7) is 1.92. The van der Waals surface area contributed by atoms with Crippen molar-refractivity contribution < 1.29 is 24.0 Å². The zero-order valence-corrected chi connectivity index (χ0v) is 9.66. The maximum absolute atomic E-state index is 11.8. The quantitative estimate of drug-likeness (QED) is 0.468. The fourth-order valence-electron chi connectivity index (χ4n) is 1.46. The summed E-state index contributed by atoms with van der Waals surface area (Å²) < 4.78 is 9.89. The second kappa shape index (κ2) is 5.08. The largest absolute Gasteiger partial charge is 0.527 e. The van der Waals surface area contributed by atoms with Gasteiger partial charge in [-0.15, -0.1) is 0 Å². The van der Waals surface area contributed by atoms with Crippen molar-refractivity contribution in [1.82, 2.24) is 0 Å². The molecule has 1 heterocycles. The predicted octanol–water partition coefficient (Wildman–Crippen LogP) is 0.487. The number of esters is 1. The highest BCUT2D eigenvalue weighted by atomic mass is 16.5. The molecule has 18 heavy (non-hydrogen) atoms. The lowest BCUT2D eigenvalue weighted by Gasteiger charge is -2.04. The molecule has 0 spiro atoms. The molecule has 0 aliphatic heterocycles. The van der Waals surface area contributed by atoms with E-state index in [0.717, 1.165) is 5.56 Å². The number of rotatable bonds is 3. The molecule has 0 aliphatic rings. The van der Waals surface area contributed by atoms with Crippen LogP contribution in [0.15, 0.2) is 41.0 Å². The van der Waals surface area contributed by atoms with Crippen LogP contribution in [0.5, 0.6) is 5.75 Å². The molecule has 0 atom stereocenters. The third-order valence-electron chi connectivity index (χ3n) is 2.38. The lowest BCUT2D eigenvalue weighted by molar-refractivity contribution is 0.0735. The summed E-state index contributed by atoms with van der Waals surface area (Å²) in [6, 6.07) is 8.25. The smallest absolute Gasteiger partial charge is 0.472 e. The van der Waals surface area contributed by atoms with E-state index < -0.39 is 13.1 Å². The SMILES string of the molecule is Cc1ccc(OC(=O)c2ccoc2B(O)O)cc1. The number of benzene rings is 1. The highest BCUT2D eigenvalue weighted by Crippen LogP contribution is 2.13. The van der Waals surface area contributed by atoms with Gasteiger partial charge >= 0.3 is 13.1 Å². The summed E-state index contributed by atoms with van der Waals surface area (Å²) >= 11 is 0. The summed E-state index contributed by atoms with van der Waals surface area (Å²) in [5.74, 6) is -0.319. The van der Waals surface area contributed by atoms with Gasteiger partial charge in [-0.2, -0.15) is 0 Å². The molecular formula is C12H11BO5. The van der Waals surface area contributed by atoms with Crippen LogP contribution < -0.4 is 10.4 Å². The summed E-state index contributed by atoms with van der Waals surface area (Å²) in [6.07, 6.45) is 1.19. The normalized spacial score (nSPS) is 10.2. The second-order valence-corrected chi connectivity index (χ2v) is 3.77. The lowest BCUT2D eigenvalue weighted by Crippen LogP contribution is -2.33. The van der Waals surface area contributed by atoms with Crippen LogP contribution in [0.3, 0.4) is 0 Å². The molecule has 0 radical (unpaired) electrons. The predicted molar refractivity (Wildman–Crippen MR) is 64.7 cm³/mol. The van der Waals surface area contributed by atoms with Crippen molar-refractivity contribution in [2.75, 3.05) is 0 Å². The zero-order valence-electron chi connectivity index (χ0n) is 9.66. The van der Waals surface area contributed by atoms with Gasteiger partial charge in [0.25, 0.3) is 0 Å². The average Bonchev–Trinajstić information content (AvgIpc) is 2.81. The fourth-order valence-corrected chi connectivity index (χ4v) is 1.46. The number of carbonyl (C=O) groups is 1. The van der Waals surface area contributed by atoms with E-state index in [4.69, 9.17) is 19.2 Å². The Kier molecular flexibility index (Phi) is 3.50. The maximum Gasteiger partial charge on any atom is 0.527 e. The first-order valence-corrected chi connectivity index (χ1v) is 5.30. The molecule has 0 fully saturated rings. The molecule has 1 aromatic heterocycles. The number of aryl methyl sites for hydroxylation is 1. The molecule has 2 N–H and O–H groups in total. The van der Waals surface area contributed by atoms with Crippen LogP contribution in [0.25, 0.3) is 0 Å². The number of furan rings is 1. The van der Waals surface area contributed by atoms with Crippen LogP contribution >= 0.6 is 0 Å². The van der Waals surface area contributed by atoms with Gasteiger partial charge in [0.05, 0.1) is 11.8 Å². The van der Waals surface area contributed by atoms with Gasteiger partial charge < -0.3 is 19.2 Å². The topological polar surface area (TPSA) is 79.9 Å². The van der Waals surface area contributed by atoms with E-state index in [2.05, 4.69) is 0 Å². The van der Waals surface area contributed by atoms with E-state index in [0.29, 0.717) is 5.75 Å². The Morgan fingerprint density at radius 1 is 1.22 bits per heavy atom. The van der Waals surface area contributed by atoms with Crippen molar-refractivity contribution in [2.24, 2.45) is 0 Å². The van der Waals surface area contributed by atoms with Crippen LogP contribution in [0.2, 0.25) is 0 Å². The van der Waals surface area contributed by atoms with Crippen LogP contribution in [0.1, 0.15) is 15.9 Å². The minimum Gasteiger partial charge on any atom is -0.472 e. The van der Waals surface area contributed by atoms with Gasteiger partial charge in [0, 0.05) is 0 Å². The molecule has 0 saturated carbocycles. The Bertz CT molecular complexity index is 544. The molecule has 0 unspecified atom stereocenters. The van der Waals surface area contributed by atoms with E-state index >= 15 is 0 Å². The number of ether oxygens (including phenoxy) is 1. The van der Waals surface area contributed by atoms with Gasteiger partial charge in [-0.05, 0) is 25.1 Å². The highest BCUT2D eigenvalue weighted by molar-refractivity contribution is 6.58. The van der Waals surface area contributed by atoms with Crippen molar-refractivity contribution in [2.45, 2.75) is 6.92 Å². The van der Waals surface area contributed by atoms with Gasteiger partial charge in [0.15, 0.2) is 0 Å². The zero-order chi connectivity index (χ0) is 13.1. The monoisotopic (exact) mass is 246 g/mol. The van der Waals surface area contributed by atoms with Crippen LogP contribution in [-0.4, -0.2) is 23.1 Å². The van der Waals surface area contributed by atoms with E-state index in [1.54, 1.807) is 24.3 Å². The number of carbonyl (C=O) groups excluding carboxylic acids is 1. The molecule has 6 heteroatoms. The first kappa shape index (κ1) is 12.4. The van der Waals surface area contributed by atoms with Gasteiger partial charge in [-0.1, -0.05) is 17.7 Å². The van der Waals surface area contributed by atoms with Gasteiger partial charge in [-0.25, -0.2) is 4.79 Å². The molecule has 0 amide bonds. The summed E-state index contributed by atoms with van der Waals surface area (Å²) in [7, 11) is -1.85. The van der Waals surface area contributed by atoms with E-state index in [-0.39, 0.29) is 11.2 Å². The molecule has 1 aromatic carbocycles. The molecule has 0 saturated heterocycles. The number of hydrogen-bond acceptors (Lipinski definition) is 5. The lowest BCUT2D eigenvalue weighted by atomic mass is 9.84.